The Morgan fingerprint density at radius 2 is 1.77 bits per heavy atom. The molecule has 1 aromatic carbocycles. The van der Waals surface area contributed by atoms with E-state index in [0.29, 0.717) is 31.8 Å². The fourth-order valence-corrected chi connectivity index (χ4v) is 6.05. The lowest BCUT2D eigenvalue weighted by molar-refractivity contribution is -0.137. The summed E-state index contributed by atoms with van der Waals surface area (Å²) in [5.41, 5.74) is 6.44. The largest absolute Gasteiger partial charge is 0.416 e. The molecule has 1 atom stereocenters. The zero-order chi connectivity index (χ0) is 28.2. The lowest BCUT2D eigenvalue weighted by Crippen LogP contribution is -2.54. The van der Waals surface area contributed by atoms with Crippen LogP contribution in [0.2, 0.25) is 0 Å². The summed E-state index contributed by atoms with van der Waals surface area (Å²) in [5.74, 6) is 0.0804. The molecule has 1 saturated carbocycles. The molecule has 0 spiro atoms. The van der Waals surface area contributed by atoms with Crippen molar-refractivity contribution in [3.63, 3.8) is 0 Å². The SMILES string of the molecule is CC=c1[nH]cc(C2CCC(NC(C(N)=O)C3CCN(C(=O)Nc4cccc(C(F)(F)F)c4)CC3)CC2)c1=CC. The van der Waals surface area contributed by atoms with Crippen molar-refractivity contribution < 1.29 is 22.8 Å². The number of halogens is 3. The third-order valence-corrected chi connectivity index (χ3v) is 8.19. The number of piperidine rings is 1. The summed E-state index contributed by atoms with van der Waals surface area (Å²) in [7, 11) is 0. The van der Waals surface area contributed by atoms with Gasteiger partial charge in [-0.25, -0.2) is 4.79 Å². The van der Waals surface area contributed by atoms with Crippen LogP contribution >= 0.6 is 0 Å². The number of nitrogens with one attached hydrogen (secondary N) is 3. The van der Waals surface area contributed by atoms with Crippen molar-refractivity contribution in [3.8, 4) is 0 Å². The lowest BCUT2D eigenvalue weighted by Gasteiger charge is -2.38. The maximum Gasteiger partial charge on any atom is 0.416 e. The van der Waals surface area contributed by atoms with Gasteiger partial charge in [0, 0.05) is 36.4 Å². The second kappa shape index (κ2) is 12.3. The number of benzene rings is 1. The van der Waals surface area contributed by atoms with E-state index >= 15 is 0 Å². The quantitative estimate of drug-likeness (QED) is 0.440. The van der Waals surface area contributed by atoms with Crippen molar-refractivity contribution in [2.75, 3.05) is 18.4 Å². The smallest absolute Gasteiger partial charge is 0.368 e. The molecule has 1 unspecified atom stereocenters. The molecule has 0 bridgehead atoms. The van der Waals surface area contributed by atoms with Crippen molar-refractivity contribution in [2.24, 2.45) is 11.7 Å². The summed E-state index contributed by atoms with van der Waals surface area (Å²) in [5, 5.41) is 8.51. The average Bonchev–Trinajstić information content (AvgIpc) is 3.35. The van der Waals surface area contributed by atoms with E-state index in [1.807, 2.05) is 6.92 Å². The van der Waals surface area contributed by atoms with Gasteiger partial charge in [0.25, 0.3) is 0 Å². The first kappa shape index (κ1) is 28.7. The van der Waals surface area contributed by atoms with E-state index in [4.69, 9.17) is 5.73 Å². The molecule has 5 N–H and O–H groups in total. The van der Waals surface area contributed by atoms with E-state index in [-0.39, 0.29) is 23.6 Å². The predicted octanol–water partition coefficient (Wildman–Crippen LogP) is 4.05. The maximum absolute atomic E-state index is 13.0. The summed E-state index contributed by atoms with van der Waals surface area (Å²) in [6, 6.07) is 3.85. The van der Waals surface area contributed by atoms with Crippen molar-refractivity contribution in [2.45, 2.75) is 76.6 Å². The van der Waals surface area contributed by atoms with Gasteiger partial charge >= 0.3 is 12.2 Å². The number of H-pyrrole nitrogens is 1. The number of hydrogen-bond acceptors (Lipinski definition) is 3. The van der Waals surface area contributed by atoms with Crippen LogP contribution in [0.1, 0.15) is 69.4 Å². The van der Waals surface area contributed by atoms with E-state index in [1.54, 1.807) is 4.90 Å². The number of aromatic amines is 1. The zero-order valence-electron chi connectivity index (χ0n) is 22.5. The van der Waals surface area contributed by atoms with Crippen LogP contribution in [0.5, 0.6) is 0 Å². The third kappa shape index (κ3) is 6.84. The number of primary amides is 1. The van der Waals surface area contributed by atoms with Crippen LogP contribution < -0.4 is 26.9 Å². The molecule has 10 heteroatoms. The Balaban J connectivity index is 1.29. The number of anilines is 1. The van der Waals surface area contributed by atoms with E-state index < -0.39 is 23.8 Å². The zero-order valence-corrected chi connectivity index (χ0v) is 22.5. The minimum Gasteiger partial charge on any atom is -0.368 e. The van der Waals surface area contributed by atoms with E-state index in [2.05, 4.69) is 40.9 Å². The molecular weight excluding hydrogens is 507 g/mol. The van der Waals surface area contributed by atoms with Crippen LogP contribution in [0.4, 0.5) is 23.7 Å². The van der Waals surface area contributed by atoms with Crippen LogP contribution in [0, 0.1) is 5.92 Å². The molecule has 2 aliphatic rings. The number of amides is 3. The summed E-state index contributed by atoms with van der Waals surface area (Å²) in [4.78, 5) is 30.0. The number of nitrogens with two attached hydrogens (primary N) is 1. The molecule has 7 nitrogen and oxygen atoms in total. The molecule has 2 fully saturated rings. The molecule has 0 radical (unpaired) electrons. The third-order valence-electron chi connectivity index (χ3n) is 8.19. The molecule has 1 aliphatic carbocycles. The Morgan fingerprint density at radius 1 is 1.08 bits per heavy atom. The minimum absolute atomic E-state index is 0.00792. The van der Waals surface area contributed by atoms with Crippen molar-refractivity contribution in [1.29, 1.82) is 0 Å². The van der Waals surface area contributed by atoms with Crippen LogP contribution in [0.15, 0.2) is 30.5 Å². The number of rotatable bonds is 6. The molecule has 212 valence electrons. The van der Waals surface area contributed by atoms with E-state index in [1.165, 1.54) is 22.9 Å². The first-order chi connectivity index (χ1) is 18.6. The number of urea groups is 1. The van der Waals surface area contributed by atoms with Gasteiger partial charge in [0.15, 0.2) is 0 Å². The molecule has 1 aromatic heterocycles. The van der Waals surface area contributed by atoms with E-state index in [0.717, 1.165) is 43.2 Å². The number of carbonyl (C=O) groups is 2. The molecular formula is C29H38F3N5O2. The maximum atomic E-state index is 13.0. The fraction of sp³-hybridized carbons (Fsp3) is 0.517. The molecule has 4 rings (SSSR count). The van der Waals surface area contributed by atoms with Crippen LogP contribution in [-0.2, 0) is 11.0 Å². The number of carbonyl (C=O) groups excluding carboxylic acids is 2. The van der Waals surface area contributed by atoms with Gasteiger partial charge in [0.2, 0.25) is 5.91 Å². The second-order valence-electron chi connectivity index (χ2n) is 10.6. The van der Waals surface area contributed by atoms with Gasteiger partial charge in [0.05, 0.1) is 11.6 Å². The average molecular weight is 546 g/mol. The predicted molar refractivity (Wildman–Crippen MR) is 146 cm³/mol. The highest BCUT2D eigenvalue weighted by atomic mass is 19.4. The summed E-state index contributed by atoms with van der Waals surface area (Å²) in [6.45, 7) is 4.88. The van der Waals surface area contributed by atoms with Crippen LogP contribution in [-0.4, -0.2) is 47.0 Å². The van der Waals surface area contributed by atoms with Gasteiger partial charge in [-0.1, -0.05) is 18.2 Å². The van der Waals surface area contributed by atoms with Gasteiger partial charge in [0.1, 0.15) is 0 Å². The number of nitrogens with zero attached hydrogens (tertiary/aromatic N) is 1. The first-order valence-electron chi connectivity index (χ1n) is 13.7. The Kier molecular flexibility index (Phi) is 9.04. The lowest BCUT2D eigenvalue weighted by atomic mass is 9.81. The molecule has 2 aromatic rings. The topological polar surface area (TPSA) is 103 Å². The van der Waals surface area contributed by atoms with Crippen molar-refractivity contribution >= 4 is 29.8 Å². The molecule has 39 heavy (non-hydrogen) atoms. The van der Waals surface area contributed by atoms with Crippen LogP contribution in [0.25, 0.3) is 12.2 Å². The van der Waals surface area contributed by atoms with Crippen molar-refractivity contribution in [1.82, 2.24) is 15.2 Å². The Labute approximate surface area is 226 Å². The second-order valence-corrected chi connectivity index (χ2v) is 10.6. The fourth-order valence-electron chi connectivity index (χ4n) is 6.05. The first-order valence-corrected chi connectivity index (χ1v) is 13.7. The van der Waals surface area contributed by atoms with Gasteiger partial charge in [-0.2, -0.15) is 13.2 Å². The standard InChI is InChI=1S/C29H38F3N5O2/c1-3-23-24(17-34-25(23)4-2)18-8-10-21(11-9-18)35-26(27(33)38)19-12-14-37(15-13-19)28(39)36-22-7-5-6-20(16-22)29(30,31)32/h3-7,16-19,21,26,34-35H,8-15H2,1-2H3,(H2,33,38)(H,36,39). The van der Waals surface area contributed by atoms with Gasteiger partial charge in [-0.05, 0) is 93.2 Å². The highest BCUT2D eigenvalue weighted by molar-refractivity contribution is 5.89. The molecule has 2 heterocycles. The highest BCUT2D eigenvalue weighted by Crippen LogP contribution is 2.33. The minimum atomic E-state index is -4.48. The molecule has 3 amide bonds. The van der Waals surface area contributed by atoms with E-state index in [9.17, 15) is 22.8 Å². The number of alkyl halides is 3. The van der Waals surface area contributed by atoms with Gasteiger partial charge in [-0.15, -0.1) is 0 Å². The normalized spacial score (nSPS) is 22.6. The monoisotopic (exact) mass is 545 g/mol. The van der Waals surface area contributed by atoms with Gasteiger partial charge in [-0.3, -0.25) is 4.79 Å². The van der Waals surface area contributed by atoms with Crippen molar-refractivity contribution in [3.05, 3.63) is 52.2 Å². The number of hydrogen-bond donors (Lipinski definition) is 4. The highest BCUT2D eigenvalue weighted by Gasteiger charge is 2.35. The molecule has 1 aliphatic heterocycles. The number of likely N-dealkylation sites (tertiary alicyclic amines) is 1. The molecule has 1 saturated heterocycles. The van der Waals surface area contributed by atoms with Gasteiger partial charge < -0.3 is 26.3 Å². The Morgan fingerprint density at radius 3 is 2.36 bits per heavy atom. The number of aromatic nitrogens is 1. The van der Waals surface area contributed by atoms with Crippen LogP contribution in [0.3, 0.4) is 0 Å². The summed E-state index contributed by atoms with van der Waals surface area (Å²) in [6.07, 6.45) is 7.00. The summed E-state index contributed by atoms with van der Waals surface area (Å²) < 4.78 is 39.0. The Bertz CT molecular complexity index is 1270. The Hall–Kier alpha value is -3.27. The summed E-state index contributed by atoms with van der Waals surface area (Å²) >= 11 is 0.